The van der Waals surface area contributed by atoms with Crippen LogP contribution in [0.5, 0.6) is 0 Å². The van der Waals surface area contributed by atoms with Gasteiger partial charge in [0.2, 0.25) is 0 Å². The second-order valence-electron chi connectivity index (χ2n) is 5.21. The van der Waals surface area contributed by atoms with E-state index in [0.717, 1.165) is 22.8 Å². The van der Waals surface area contributed by atoms with Gasteiger partial charge in [-0.2, -0.15) is 0 Å². The number of benzene rings is 2. The van der Waals surface area contributed by atoms with Gasteiger partial charge in [0, 0.05) is 0 Å². The van der Waals surface area contributed by atoms with Gasteiger partial charge >= 0.3 is 11.9 Å². The molecule has 22 heavy (non-hydrogen) atoms. The summed E-state index contributed by atoms with van der Waals surface area (Å²) >= 11 is 0. The van der Waals surface area contributed by atoms with Crippen molar-refractivity contribution in [2.75, 3.05) is 0 Å². The Kier molecular flexibility index (Phi) is 4.41. The van der Waals surface area contributed by atoms with Gasteiger partial charge < -0.3 is 10.2 Å². The van der Waals surface area contributed by atoms with Gasteiger partial charge in [-0.15, -0.1) is 0 Å². The SMILES string of the molecule is Cc1cc(C)cc(/C=C/c2cc(C(=O)O)cc(C(=O)O)c2)c1. The minimum absolute atomic E-state index is 0.0417. The lowest BCUT2D eigenvalue weighted by molar-refractivity contribution is 0.0696. The van der Waals surface area contributed by atoms with Crippen LogP contribution >= 0.6 is 0 Å². The second kappa shape index (κ2) is 6.26. The van der Waals surface area contributed by atoms with Crippen molar-refractivity contribution < 1.29 is 19.8 Å². The molecule has 0 aliphatic rings. The van der Waals surface area contributed by atoms with E-state index in [9.17, 15) is 9.59 Å². The smallest absolute Gasteiger partial charge is 0.335 e. The first-order chi connectivity index (χ1) is 10.3. The molecule has 0 spiro atoms. The molecule has 112 valence electrons. The van der Waals surface area contributed by atoms with Crippen LogP contribution in [0.3, 0.4) is 0 Å². The van der Waals surface area contributed by atoms with Crippen LogP contribution in [0.4, 0.5) is 0 Å². The summed E-state index contributed by atoms with van der Waals surface area (Å²) in [5.74, 6) is -2.30. The van der Waals surface area contributed by atoms with E-state index in [0.29, 0.717) is 5.56 Å². The highest BCUT2D eigenvalue weighted by Crippen LogP contribution is 2.16. The van der Waals surface area contributed by atoms with Crippen LogP contribution in [0.15, 0.2) is 36.4 Å². The second-order valence-corrected chi connectivity index (χ2v) is 5.21. The molecule has 0 aromatic heterocycles. The lowest BCUT2D eigenvalue weighted by atomic mass is 10.0. The van der Waals surface area contributed by atoms with Gasteiger partial charge in [-0.25, -0.2) is 9.59 Å². The molecule has 2 N–H and O–H groups in total. The van der Waals surface area contributed by atoms with Crippen molar-refractivity contribution >= 4 is 24.1 Å². The summed E-state index contributed by atoms with van der Waals surface area (Å²) in [4.78, 5) is 22.1. The zero-order valence-corrected chi connectivity index (χ0v) is 12.3. The number of carboxylic acids is 2. The number of hydrogen-bond acceptors (Lipinski definition) is 2. The fourth-order valence-electron chi connectivity index (χ4n) is 2.29. The summed E-state index contributed by atoms with van der Waals surface area (Å²) in [6, 6.07) is 10.1. The van der Waals surface area contributed by atoms with Crippen molar-refractivity contribution in [1.82, 2.24) is 0 Å². The van der Waals surface area contributed by atoms with Crippen LogP contribution in [0.1, 0.15) is 43.0 Å². The quantitative estimate of drug-likeness (QED) is 0.840. The third kappa shape index (κ3) is 3.82. The van der Waals surface area contributed by atoms with Crippen LogP contribution in [0, 0.1) is 13.8 Å². The molecule has 0 unspecified atom stereocenters. The maximum absolute atomic E-state index is 11.1. The highest BCUT2D eigenvalue weighted by Gasteiger charge is 2.10. The Morgan fingerprint density at radius 2 is 1.14 bits per heavy atom. The Bertz CT molecular complexity index is 720. The van der Waals surface area contributed by atoms with Crippen molar-refractivity contribution in [3.8, 4) is 0 Å². The Labute approximate surface area is 128 Å². The fraction of sp³-hybridized carbons (Fsp3) is 0.111. The molecule has 0 bridgehead atoms. The molecule has 0 amide bonds. The minimum Gasteiger partial charge on any atom is -0.478 e. The molecule has 0 aliphatic heterocycles. The van der Waals surface area contributed by atoms with Crippen molar-refractivity contribution in [3.63, 3.8) is 0 Å². The number of aryl methyl sites for hydroxylation is 2. The summed E-state index contributed by atoms with van der Waals surface area (Å²) in [5.41, 5.74) is 3.70. The Hall–Kier alpha value is -2.88. The first-order valence-electron chi connectivity index (χ1n) is 6.73. The van der Waals surface area contributed by atoms with Crippen LogP contribution in [0.25, 0.3) is 12.2 Å². The van der Waals surface area contributed by atoms with E-state index in [2.05, 4.69) is 6.07 Å². The number of rotatable bonds is 4. The first-order valence-corrected chi connectivity index (χ1v) is 6.73. The molecule has 0 saturated heterocycles. The molecule has 2 rings (SSSR count). The third-order valence-corrected chi connectivity index (χ3v) is 3.16. The average molecular weight is 296 g/mol. The Morgan fingerprint density at radius 3 is 1.55 bits per heavy atom. The molecule has 2 aromatic rings. The lowest BCUT2D eigenvalue weighted by Gasteiger charge is -2.03. The van der Waals surface area contributed by atoms with Gasteiger partial charge in [0.25, 0.3) is 0 Å². The normalized spacial score (nSPS) is 10.8. The Balaban J connectivity index is 2.41. The third-order valence-electron chi connectivity index (χ3n) is 3.16. The molecule has 0 saturated carbocycles. The lowest BCUT2D eigenvalue weighted by Crippen LogP contribution is -2.02. The minimum atomic E-state index is -1.15. The van der Waals surface area contributed by atoms with E-state index in [1.807, 2.05) is 32.1 Å². The molecule has 0 atom stereocenters. The van der Waals surface area contributed by atoms with E-state index < -0.39 is 11.9 Å². The summed E-state index contributed by atoms with van der Waals surface area (Å²) in [6.45, 7) is 4.00. The van der Waals surface area contributed by atoms with E-state index in [4.69, 9.17) is 10.2 Å². The monoisotopic (exact) mass is 296 g/mol. The van der Waals surface area contributed by atoms with Crippen LogP contribution in [-0.2, 0) is 0 Å². The predicted molar refractivity (Wildman–Crippen MR) is 85.2 cm³/mol. The van der Waals surface area contributed by atoms with Gasteiger partial charge in [-0.3, -0.25) is 0 Å². The van der Waals surface area contributed by atoms with Crippen molar-refractivity contribution in [3.05, 3.63) is 69.8 Å². The van der Waals surface area contributed by atoms with E-state index >= 15 is 0 Å². The molecule has 0 heterocycles. The van der Waals surface area contributed by atoms with Crippen molar-refractivity contribution in [2.24, 2.45) is 0 Å². The van der Waals surface area contributed by atoms with Crippen molar-refractivity contribution in [1.29, 1.82) is 0 Å². The molecule has 4 nitrogen and oxygen atoms in total. The van der Waals surface area contributed by atoms with Gasteiger partial charge in [-0.1, -0.05) is 41.5 Å². The van der Waals surface area contributed by atoms with Gasteiger partial charge in [0.1, 0.15) is 0 Å². The van der Waals surface area contributed by atoms with Crippen LogP contribution < -0.4 is 0 Å². The standard InChI is InChI=1S/C18H16O4/c1-11-5-12(2)7-13(6-11)3-4-14-8-15(17(19)20)10-16(9-14)18(21)22/h3-10H,1-2H3,(H,19,20)(H,21,22)/b4-3+. The summed E-state index contributed by atoms with van der Waals surface area (Å²) in [7, 11) is 0. The summed E-state index contributed by atoms with van der Waals surface area (Å²) in [5, 5.41) is 18.1. The molecular formula is C18H16O4. The number of aromatic carboxylic acids is 2. The molecule has 4 heteroatoms. The number of carbonyl (C=O) groups is 2. The summed E-state index contributed by atoms with van der Waals surface area (Å²) < 4.78 is 0. The average Bonchev–Trinajstić information content (AvgIpc) is 2.43. The highest BCUT2D eigenvalue weighted by atomic mass is 16.4. The summed E-state index contributed by atoms with van der Waals surface area (Å²) in [6.07, 6.45) is 3.56. The van der Waals surface area contributed by atoms with E-state index in [1.54, 1.807) is 6.08 Å². The molecule has 0 radical (unpaired) electrons. The molecule has 0 aliphatic carbocycles. The van der Waals surface area contributed by atoms with Gasteiger partial charge in [0.15, 0.2) is 0 Å². The number of carboxylic acid groups (broad SMARTS) is 2. The maximum atomic E-state index is 11.1. The molecule has 2 aromatic carbocycles. The first kappa shape index (κ1) is 15.5. The van der Waals surface area contributed by atoms with Crippen LogP contribution in [-0.4, -0.2) is 22.2 Å². The van der Waals surface area contributed by atoms with Crippen molar-refractivity contribution in [2.45, 2.75) is 13.8 Å². The van der Waals surface area contributed by atoms with Gasteiger partial charge in [0.05, 0.1) is 11.1 Å². The Morgan fingerprint density at radius 1 is 0.727 bits per heavy atom. The zero-order valence-electron chi connectivity index (χ0n) is 12.3. The maximum Gasteiger partial charge on any atom is 0.335 e. The molecule has 0 fully saturated rings. The zero-order chi connectivity index (χ0) is 16.3. The highest BCUT2D eigenvalue weighted by molar-refractivity contribution is 5.95. The number of hydrogen-bond donors (Lipinski definition) is 2. The molecular weight excluding hydrogens is 280 g/mol. The van der Waals surface area contributed by atoms with Crippen LogP contribution in [0.2, 0.25) is 0 Å². The van der Waals surface area contributed by atoms with Gasteiger partial charge in [-0.05, 0) is 43.2 Å². The topological polar surface area (TPSA) is 74.6 Å². The van der Waals surface area contributed by atoms with E-state index in [1.165, 1.54) is 12.1 Å². The fourth-order valence-corrected chi connectivity index (χ4v) is 2.29. The van der Waals surface area contributed by atoms with E-state index in [-0.39, 0.29) is 11.1 Å². The largest absolute Gasteiger partial charge is 0.478 e. The predicted octanol–water partition coefficient (Wildman–Crippen LogP) is 3.87.